The van der Waals surface area contributed by atoms with Crippen LogP contribution in [0.3, 0.4) is 0 Å². The van der Waals surface area contributed by atoms with Gasteiger partial charge in [0.1, 0.15) is 23.7 Å². The van der Waals surface area contributed by atoms with E-state index in [4.69, 9.17) is 9.26 Å². The Kier molecular flexibility index (Phi) is 10.4. The summed E-state index contributed by atoms with van der Waals surface area (Å²) in [5, 5.41) is 13.7. The number of aromatic nitrogens is 4. The van der Waals surface area contributed by atoms with Crippen molar-refractivity contribution in [3.63, 3.8) is 0 Å². The molecule has 0 aliphatic carbocycles. The van der Waals surface area contributed by atoms with Gasteiger partial charge in [0.05, 0.1) is 25.2 Å². The van der Waals surface area contributed by atoms with Crippen LogP contribution in [0, 0.1) is 5.82 Å². The van der Waals surface area contributed by atoms with E-state index in [1.807, 2.05) is 18.2 Å². The van der Waals surface area contributed by atoms with Gasteiger partial charge in [-0.05, 0) is 43.3 Å². The van der Waals surface area contributed by atoms with Gasteiger partial charge in [0, 0.05) is 55.3 Å². The van der Waals surface area contributed by atoms with E-state index in [9.17, 15) is 13.8 Å². The molecule has 0 saturated heterocycles. The molecule has 0 radical (unpaired) electrons. The summed E-state index contributed by atoms with van der Waals surface area (Å²) < 4.78 is 36.4. The highest BCUT2D eigenvalue weighted by Crippen LogP contribution is 2.36. The molecule has 0 spiro atoms. The molecule has 2 aromatic heterocycles. The Bertz CT molecular complexity index is 1510. The van der Waals surface area contributed by atoms with E-state index >= 15 is 0 Å². The molecule has 0 aliphatic rings. The number of H-pyrrole nitrogens is 1. The summed E-state index contributed by atoms with van der Waals surface area (Å²) in [6.07, 6.45) is 2.33. The Morgan fingerprint density at radius 2 is 1.95 bits per heavy atom. The SMILES string of the molecule is CCN(CCCOc1ccc2c(Nc3cc(CC(=O)Nc4cccc(F)c4)[nH]n3)ncnc2c1)CCOP(C)(C)=O. The van der Waals surface area contributed by atoms with Gasteiger partial charge in [-0.1, -0.05) is 13.0 Å². The van der Waals surface area contributed by atoms with Crippen LogP contribution in [0.4, 0.5) is 21.7 Å². The van der Waals surface area contributed by atoms with Crippen molar-refractivity contribution in [3.05, 3.63) is 66.4 Å². The molecule has 0 aliphatic heterocycles. The molecular weight excluding hydrogens is 548 g/mol. The van der Waals surface area contributed by atoms with Crippen molar-refractivity contribution in [1.82, 2.24) is 25.1 Å². The van der Waals surface area contributed by atoms with Crippen molar-refractivity contribution in [2.45, 2.75) is 19.8 Å². The van der Waals surface area contributed by atoms with Gasteiger partial charge < -0.3 is 24.8 Å². The molecular formula is C28H35FN7O4P. The van der Waals surface area contributed by atoms with Crippen molar-refractivity contribution in [1.29, 1.82) is 0 Å². The molecule has 2 heterocycles. The van der Waals surface area contributed by atoms with E-state index < -0.39 is 13.2 Å². The van der Waals surface area contributed by atoms with Crippen LogP contribution in [0.1, 0.15) is 19.0 Å². The largest absolute Gasteiger partial charge is 0.493 e. The number of anilines is 3. The van der Waals surface area contributed by atoms with Crippen LogP contribution in [0.2, 0.25) is 0 Å². The Balaban J connectivity index is 1.28. The second kappa shape index (κ2) is 14.2. The Morgan fingerprint density at radius 3 is 2.73 bits per heavy atom. The highest BCUT2D eigenvalue weighted by atomic mass is 31.2. The van der Waals surface area contributed by atoms with Crippen LogP contribution in [0.25, 0.3) is 10.9 Å². The third-order valence-corrected chi connectivity index (χ3v) is 6.89. The molecule has 0 atom stereocenters. The van der Waals surface area contributed by atoms with E-state index in [0.29, 0.717) is 47.5 Å². The number of hydrogen-bond acceptors (Lipinski definition) is 9. The number of halogens is 1. The smallest absolute Gasteiger partial charge is 0.230 e. The topological polar surface area (TPSA) is 134 Å². The number of nitrogens with zero attached hydrogens (tertiary/aromatic N) is 4. The minimum Gasteiger partial charge on any atom is -0.493 e. The molecule has 4 aromatic rings. The van der Waals surface area contributed by atoms with Crippen LogP contribution in [-0.4, -0.2) is 77.2 Å². The molecule has 11 nitrogen and oxygen atoms in total. The summed E-state index contributed by atoms with van der Waals surface area (Å²) in [5.41, 5.74) is 1.68. The first kappa shape index (κ1) is 30.1. The van der Waals surface area contributed by atoms with Gasteiger partial charge in [0.25, 0.3) is 0 Å². The Morgan fingerprint density at radius 1 is 1.10 bits per heavy atom. The van der Waals surface area contributed by atoms with Crippen molar-refractivity contribution in [3.8, 4) is 5.75 Å². The van der Waals surface area contributed by atoms with Crippen molar-refractivity contribution in [2.75, 3.05) is 56.8 Å². The minimum atomic E-state index is -2.46. The lowest BCUT2D eigenvalue weighted by Gasteiger charge is -2.21. The zero-order valence-electron chi connectivity index (χ0n) is 23.4. The maximum atomic E-state index is 13.4. The fraction of sp³-hybridized carbons (Fsp3) is 0.357. The van der Waals surface area contributed by atoms with Crippen molar-refractivity contribution < 1.29 is 23.0 Å². The molecule has 0 saturated carbocycles. The fourth-order valence-electron chi connectivity index (χ4n) is 4.10. The summed E-state index contributed by atoms with van der Waals surface area (Å²) in [6.45, 7) is 8.78. The number of hydrogen-bond donors (Lipinski definition) is 3. The zero-order valence-corrected chi connectivity index (χ0v) is 24.3. The lowest BCUT2D eigenvalue weighted by Crippen LogP contribution is -2.29. The van der Waals surface area contributed by atoms with Gasteiger partial charge >= 0.3 is 0 Å². The fourth-order valence-corrected chi connectivity index (χ4v) is 4.63. The maximum Gasteiger partial charge on any atom is 0.230 e. The number of likely N-dealkylation sites (N-methyl/N-ethyl adjacent to an activating group) is 1. The first-order chi connectivity index (χ1) is 19.7. The van der Waals surface area contributed by atoms with Crippen LogP contribution < -0.4 is 15.4 Å². The number of aromatic amines is 1. The lowest BCUT2D eigenvalue weighted by molar-refractivity contribution is -0.115. The average molecular weight is 584 g/mol. The molecule has 2 aromatic carbocycles. The quantitative estimate of drug-likeness (QED) is 0.130. The number of amides is 1. The zero-order chi connectivity index (χ0) is 29.2. The monoisotopic (exact) mass is 583 g/mol. The van der Waals surface area contributed by atoms with Crippen LogP contribution in [0.5, 0.6) is 5.75 Å². The van der Waals surface area contributed by atoms with Gasteiger partial charge in [-0.15, -0.1) is 0 Å². The second-order valence-corrected chi connectivity index (χ2v) is 12.5. The van der Waals surface area contributed by atoms with Crippen LogP contribution in [-0.2, 0) is 20.3 Å². The van der Waals surface area contributed by atoms with E-state index in [1.54, 1.807) is 25.5 Å². The van der Waals surface area contributed by atoms with Crippen molar-refractivity contribution in [2.24, 2.45) is 0 Å². The summed E-state index contributed by atoms with van der Waals surface area (Å²) in [7, 11) is -2.46. The first-order valence-corrected chi connectivity index (χ1v) is 15.9. The van der Waals surface area contributed by atoms with Gasteiger partial charge in [-0.25, -0.2) is 14.4 Å². The molecule has 13 heteroatoms. The predicted octanol–water partition coefficient (Wildman–Crippen LogP) is 5.06. The molecule has 218 valence electrons. The molecule has 41 heavy (non-hydrogen) atoms. The predicted molar refractivity (Wildman–Crippen MR) is 158 cm³/mol. The van der Waals surface area contributed by atoms with Gasteiger partial charge in [-0.3, -0.25) is 14.5 Å². The summed E-state index contributed by atoms with van der Waals surface area (Å²) in [4.78, 5) is 23.3. The third kappa shape index (κ3) is 9.63. The number of nitrogens with one attached hydrogen (secondary N) is 3. The highest BCUT2D eigenvalue weighted by molar-refractivity contribution is 7.57. The third-order valence-electron chi connectivity index (χ3n) is 6.09. The second-order valence-electron chi connectivity index (χ2n) is 9.76. The summed E-state index contributed by atoms with van der Waals surface area (Å²) in [5.74, 6) is 1.04. The lowest BCUT2D eigenvalue weighted by atomic mass is 10.2. The van der Waals surface area contributed by atoms with Gasteiger partial charge in [0.15, 0.2) is 13.2 Å². The molecule has 0 unspecified atom stereocenters. The molecule has 0 bridgehead atoms. The Hall–Kier alpha value is -3.86. The number of carbonyl (C=O) groups is 1. The molecule has 3 N–H and O–H groups in total. The molecule has 4 rings (SSSR count). The van der Waals surface area contributed by atoms with Crippen LogP contribution in [0.15, 0.2) is 54.9 Å². The van der Waals surface area contributed by atoms with Crippen LogP contribution >= 0.6 is 7.37 Å². The average Bonchev–Trinajstić information content (AvgIpc) is 3.35. The Labute approximate surface area is 238 Å². The van der Waals surface area contributed by atoms with E-state index in [2.05, 4.69) is 42.6 Å². The van der Waals surface area contributed by atoms with Crippen molar-refractivity contribution >= 4 is 41.5 Å². The standard InChI is InChI=1S/C28H35FN7O4P/c1-4-36(12-14-40-41(2,3)38)11-6-13-39-23-9-10-24-25(18-23)30-19-31-28(24)33-26-16-22(34-35-26)17-27(37)32-21-8-5-7-20(29)15-21/h5,7-10,15-16,18-19H,4,6,11-14,17H2,1-3H3,(H,32,37)(H2,30,31,33,34,35). The highest BCUT2D eigenvalue weighted by Gasteiger charge is 2.12. The number of benzene rings is 2. The van der Waals surface area contributed by atoms with E-state index in [0.717, 1.165) is 31.4 Å². The normalized spacial score (nSPS) is 11.6. The molecule has 0 fully saturated rings. The molecule has 1 amide bonds. The van der Waals surface area contributed by atoms with E-state index in [-0.39, 0.29) is 12.3 Å². The van der Waals surface area contributed by atoms with Gasteiger partial charge in [-0.2, -0.15) is 5.10 Å². The number of ether oxygens (including phenoxy) is 1. The number of carbonyl (C=O) groups excluding carboxylic acids is 1. The summed E-state index contributed by atoms with van der Waals surface area (Å²) >= 11 is 0. The maximum absolute atomic E-state index is 13.4. The number of rotatable bonds is 15. The summed E-state index contributed by atoms with van der Waals surface area (Å²) in [6, 6.07) is 13.1. The number of fused-ring (bicyclic) bond motifs is 1. The van der Waals surface area contributed by atoms with E-state index in [1.165, 1.54) is 24.5 Å². The van der Waals surface area contributed by atoms with Gasteiger partial charge in [0.2, 0.25) is 5.91 Å². The first-order valence-electron chi connectivity index (χ1n) is 13.3. The minimum absolute atomic E-state index is 0.0414.